The van der Waals surface area contributed by atoms with Crippen molar-refractivity contribution in [2.24, 2.45) is 5.92 Å². The molecule has 20 heavy (non-hydrogen) atoms. The molecular weight excluding hydrogens is 254 g/mol. The predicted molar refractivity (Wildman–Crippen MR) is 75.0 cm³/mol. The van der Waals surface area contributed by atoms with Gasteiger partial charge in [-0.15, -0.1) is 0 Å². The van der Waals surface area contributed by atoms with Gasteiger partial charge in [-0.25, -0.2) is 0 Å². The number of nitrogens with zero attached hydrogens (tertiary/aromatic N) is 4. The van der Waals surface area contributed by atoms with Crippen LogP contribution in [0.25, 0.3) is 0 Å². The maximum absolute atomic E-state index is 5.63. The Morgan fingerprint density at radius 3 is 3.10 bits per heavy atom. The van der Waals surface area contributed by atoms with E-state index < -0.39 is 0 Å². The van der Waals surface area contributed by atoms with Gasteiger partial charge in [0.05, 0.1) is 11.9 Å². The van der Waals surface area contributed by atoms with E-state index in [1.54, 1.807) is 17.1 Å². The first kappa shape index (κ1) is 13.1. The van der Waals surface area contributed by atoms with Gasteiger partial charge in [0, 0.05) is 12.1 Å². The molecule has 2 N–H and O–H groups in total. The van der Waals surface area contributed by atoms with E-state index in [9.17, 15) is 0 Å². The van der Waals surface area contributed by atoms with Crippen LogP contribution in [-0.2, 0) is 6.54 Å². The standard InChI is InChI=1S/C14H21N5O/c1-2-10-4-3-5-11(6-10)14-17-13(20-18-14)9-19-8-12(15)7-16-19/h7-8,10-11H,2-6,9,15H2,1H3. The van der Waals surface area contributed by atoms with Gasteiger partial charge in [-0.3, -0.25) is 4.68 Å². The molecule has 0 saturated heterocycles. The first-order valence-electron chi connectivity index (χ1n) is 7.35. The van der Waals surface area contributed by atoms with E-state index in [0.29, 0.717) is 24.0 Å². The number of hydrogen-bond acceptors (Lipinski definition) is 5. The Labute approximate surface area is 118 Å². The molecule has 2 aromatic rings. The molecule has 2 aromatic heterocycles. The van der Waals surface area contributed by atoms with Crippen LogP contribution >= 0.6 is 0 Å². The summed E-state index contributed by atoms with van der Waals surface area (Å²) < 4.78 is 7.05. The lowest BCUT2D eigenvalue weighted by Crippen LogP contribution is -2.14. The molecule has 2 atom stereocenters. The third-order valence-electron chi connectivity index (χ3n) is 4.16. The number of nitrogens with two attached hydrogens (primary N) is 1. The Balaban J connectivity index is 1.67. The summed E-state index contributed by atoms with van der Waals surface area (Å²) in [7, 11) is 0. The van der Waals surface area contributed by atoms with E-state index in [-0.39, 0.29) is 0 Å². The van der Waals surface area contributed by atoms with Crippen molar-refractivity contribution in [2.75, 3.05) is 5.73 Å². The third kappa shape index (κ3) is 2.84. The normalized spacial score (nSPS) is 23.1. The van der Waals surface area contributed by atoms with Crippen molar-refractivity contribution in [3.05, 3.63) is 24.1 Å². The van der Waals surface area contributed by atoms with Gasteiger partial charge < -0.3 is 10.3 Å². The Morgan fingerprint density at radius 2 is 2.35 bits per heavy atom. The highest BCUT2D eigenvalue weighted by atomic mass is 16.5. The summed E-state index contributed by atoms with van der Waals surface area (Å²) in [5.74, 6) is 2.72. The number of aromatic nitrogens is 4. The molecule has 6 heteroatoms. The van der Waals surface area contributed by atoms with Crippen molar-refractivity contribution in [3.8, 4) is 0 Å². The number of rotatable bonds is 4. The van der Waals surface area contributed by atoms with E-state index in [2.05, 4.69) is 22.2 Å². The fraction of sp³-hybridized carbons (Fsp3) is 0.643. The van der Waals surface area contributed by atoms with Crippen LogP contribution in [0.15, 0.2) is 16.9 Å². The summed E-state index contributed by atoms with van der Waals surface area (Å²) in [5.41, 5.74) is 6.28. The molecule has 0 aromatic carbocycles. The highest BCUT2D eigenvalue weighted by molar-refractivity contribution is 5.30. The zero-order valence-electron chi connectivity index (χ0n) is 11.8. The summed E-state index contributed by atoms with van der Waals surface area (Å²) in [6.07, 6.45) is 9.58. The zero-order chi connectivity index (χ0) is 13.9. The highest BCUT2D eigenvalue weighted by Gasteiger charge is 2.25. The molecule has 0 aliphatic heterocycles. The van der Waals surface area contributed by atoms with Crippen LogP contribution in [0.4, 0.5) is 5.69 Å². The summed E-state index contributed by atoms with van der Waals surface area (Å²) in [6.45, 7) is 2.74. The molecule has 2 unspecified atom stereocenters. The maximum Gasteiger partial charge on any atom is 0.248 e. The van der Waals surface area contributed by atoms with Crippen molar-refractivity contribution in [2.45, 2.75) is 51.5 Å². The molecule has 1 aliphatic rings. The van der Waals surface area contributed by atoms with Crippen LogP contribution in [0.1, 0.15) is 56.7 Å². The topological polar surface area (TPSA) is 82.8 Å². The first-order valence-corrected chi connectivity index (χ1v) is 7.35. The van der Waals surface area contributed by atoms with Gasteiger partial charge in [0.15, 0.2) is 5.82 Å². The number of nitrogen functional groups attached to an aromatic ring is 1. The SMILES string of the molecule is CCC1CCCC(c2noc(Cn3cc(N)cn3)n2)C1. The Hall–Kier alpha value is -1.85. The van der Waals surface area contributed by atoms with Gasteiger partial charge in [-0.2, -0.15) is 10.1 Å². The molecule has 0 spiro atoms. The highest BCUT2D eigenvalue weighted by Crippen LogP contribution is 2.36. The third-order valence-corrected chi connectivity index (χ3v) is 4.16. The lowest BCUT2D eigenvalue weighted by molar-refractivity contribution is 0.297. The van der Waals surface area contributed by atoms with E-state index in [4.69, 9.17) is 10.3 Å². The van der Waals surface area contributed by atoms with Gasteiger partial charge in [-0.1, -0.05) is 31.3 Å². The van der Waals surface area contributed by atoms with Crippen molar-refractivity contribution in [1.82, 2.24) is 19.9 Å². The minimum Gasteiger partial charge on any atom is -0.396 e. The van der Waals surface area contributed by atoms with Crippen molar-refractivity contribution in [3.63, 3.8) is 0 Å². The lowest BCUT2D eigenvalue weighted by atomic mass is 9.80. The van der Waals surface area contributed by atoms with Crippen LogP contribution < -0.4 is 5.73 Å². The average Bonchev–Trinajstić information content (AvgIpc) is 3.09. The molecule has 3 rings (SSSR count). The van der Waals surface area contributed by atoms with Crippen molar-refractivity contribution >= 4 is 5.69 Å². The zero-order valence-corrected chi connectivity index (χ0v) is 11.8. The van der Waals surface area contributed by atoms with Crippen molar-refractivity contribution < 1.29 is 4.52 Å². The summed E-state index contributed by atoms with van der Waals surface area (Å²) in [5, 5.41) is 8.28. The van der Waals surface area contributed by atoms with Gasteiger partial charge >= 0.3 is 0 Å². The lowest BCUT2D eigenvalue weighted by Gasteiger charge is -2.26. The Bertz CT molecular complexity index is 561. The molecule has 0 bridgehead atoms. The average molecular weight is 275 g/mol. The molecule has 2 heterocycles. The van der Waals surface area contributed by atoms with E-state index in [1.165, 1.54) is 32.1 Å². The minimum atomic E-state index is 0.453. The monoisotopic (exact) mass is 275 g/mol. The Morgan fingerprint density at radius 1 is 1.45 bits per heavy atom. The number of hydrogen-bond donors (Lipinski definition) is 1. The molecule has 0 amide bonds. The van der Waals surface area contributed by atoms with Gasteiger partial charge in [0.25, 0.3) is 0 Å². The maximum atomic E-state index is 5.63. The fourth-order valence-electron chi connectivity index (χ4n) is 3.00. The molecule has 1 fully saturated rings. The second kappa shape index (κ2) is 5.64. The van der Waals surface area contributed by atoms with E-state index in [0.717, 1.165) is 11.7 Å². The van der Waals surface area contributed by atoms with Crippen LogP contribution in [0.2, 0.25) is 0 Å². The van der Waals surface area contributed by atoms with Crippen LogP contribution in [0, 0.1) is 5.92 Å². The predicted octanol–water partition coefficient (Wildman–Crippen LogP) is 2.58. The van der Waals surface area contributed by atoms with Crippen LogP contribution in [0.5, 0.6) is 0 Å². The van der Waals surface area contributed by atoms with Crippen LogP contribution in [-0.4, -0.2) is 19.9 Å². The summed E-state index contributed by atoms with van der Waals surface area (Å²) in [4.78, 5) is 4.53. The fourth-order valence-corrected chi connectivity index (χ4v) is 3.00. The molecule has 108 valence electrons. The van der Waals surface area contributed by atoms with Gasteiger partial charge in [-0.05, 0) is 18.8 Å². The number of anilines is 1. The quantitative estimate of drug-likeness (QED) is 0.927. The second-order valence-corrected chi connectivity index (χ2v) is 5.66. The first-order chi connectivity index (χ1) is 9.74. The second-order valence-electron chi connectivity index (χ2n) is 5.66. The van der Waals surface area contributed by atoms with Crippen LogP contribution in [0.3, 0.4) is 0 Å². The summed E-state index contributed by atoms with van der Waals surface area (Å²) >= 11 is 0. The Kier molecular flexibility index (Phi) is 3.71. The molecule has 1 saturated carbocycles. The van der Waals surface area contributed by atoms with Gasteiger partial charge in [0.1, 0.15) is 6.54 Å². The smallest absolute Gasteiger partial charge is 0.248 e. The van der Waals surface area contributed by atoms with E-state index >= 15 is 0 Å². The minimum absolute atomic E-state index is 0.453. The molecule has 0 radical (unpaired) electrons. The largest absolute Gasteiger partial charge is 0.396 e. The summed E-state index contributed by atoms with van der Waals surface area (Å²) in [6, 6.07) is 0. The molecular formula is C14H21N5O. The van der Waals surface area contributed by atoms with Gasteiger partial charge in [0.2, 0.25) is 5.89 Å². The molecule has 6 nitrogen and oxygen atoms in total. The molecule has 1 aliphatic carbocycles. The van der Waals surface area contributed by atoms with Crippen molar-refractivity contribution in [1.29, 1.82) is 0 Å². The van der Waals surface area contributed by atoms with E-state index in [1.807, 2.05) is 0 Å².